The Bertz CT molecular complexity index is 365. The minimum Gasteiger partial charge on any atom is -0.311 e. The first kappa shape index (κ1) is 17.2. The van der Waals surface area contributed by atoms with E-state index < -0.39 is 0 Å². The highest BCUT2D eigenvalue weighted by Gasteiger charge is 2.20. The van der Waals surface area contributed by atoms with Gasteiger partial charge in [-0.05, 0) is 45.7 Å². The molecular formula is C18H32N2. The van der Waals surface area contributed by atoms with E-state index in [0.717, 1.165) is 19.5 Å². The van der Waals surface area contributed by atoms with Crippen molar-refractivity contribution >= 4 is 0 Å². The summed E-state index contributed by atoms with van der Waals surface area (Å²) in [6.07, 6.45) is 1.12. The van der Waals surface area contributed by atoms with Crippen molar-refractivity contribution < 1.29 is 0 Å². The van der Waals surface area contributed by atoms with Crippen molar-refractivity contribution in [3.05, 3.63) is 35.9 Å². The number of nitrogens with one attached hydrogen (secondary N) is 1. The normalized spacial score (nSPS) is 14.0. The molecule has 0 saturated heterocycles. The summed E-state index contributed by atoms with van der Waals surface area (Å²) in [7, 11) is 2.25. The van der Waals surface area contributed by atoms with Gasteiger partial charge in [0, 0.05) is 24.7 Å². The summed E-state index contributed by atoms with van der Waals surface area (Å²) in [5.74, 6) is 0.658. The van der Waals surface area contributed by atoms with Crippen LogP contribution in [0.1, 0.15) is 40.2 Å². The van der Waals surface area contributed by atoms with Gasteiger partial charge in [-0.1, -0.05) is 44.2 Å². The number of benzene rings is 1. The van der Waals surface area contributed by atoms with Crippen LogP contribution >= 0.6 is 0 Å². The summed E-state index contributed by atoms with van der Waals surface area (Å²) in [5.41, 5.74) is 1.61. The molecule has 1 unspecified atom stereocenters. The molecule has 2 heteroatoms. The Labute approximate surface area is 125 Å². The number of hydrogen-bond acceptors (Lipinski definition) is 2. The molecule has 0 aliphatic carbocycles. The van der Waals surface area contributed by atoms with E-state index in [-0.39, 0.29) is 5.54 Å². The highest BCUT2D eigenvalue weighted by atomic mass is 15.2. The maximum absolute atomic E-state index is 3.64. The van der Waals surface area contributed by atoms with Crippen LogP contribution in [0.25, 0.3) is 0 Å². The van der Waals surface area contributed by atoms with Crippen LogP contribution < -0.4 is 5.32 Å². The van der Waals surface area contributed by atoms with Gasteiger partial charge in [0.05, 0.1) is 0 Å². The van der Waals surface area contributed by atoms with E-state index in [1.807, 2.05) is 0 Å². The van der Waals surface area contributed by atoms with Crippen molar-refractivity contribution in [3.63, 3.8) is 0 Å². The van der Waals surface area contributed by atoms with Gasteiger partial charge >= 0.3 is 0 Å². The molecule has 0 radical (unpaired) electrons. The molecule has 0 aromatic heterocycles. The summed E-state index contributed by atoms with van der Waals surface area (Å²) in [6.45, 7) is 13.5. The lowest BCUT2D eigenvalue weighted by Gasteiger charge is -2.34. The van der Waals surface area contributed by atoms with Crippen molar-refractivity contribution in [2.75, 3.05) is 20.1 Å². The minimum atomic E-state index is 0.188. The van der Waals surface area contributed by atoms with Gasteiger partial charge in [0.2, 0.25) is 0 Å². The van der Waals surface area contributed by atoms with Gasteiger partial charge in [0.25, 0.3) is 0 Å². The third kappa shape index (κ3) is 6.53. The molecule has 0 bridgehead atoms. The second kappa shape index (κ2) is 7.80. The highest BCUT2D eigenvalue weighted by molar-refractivity contribution is 5.14. The lowest BCUT2D eigenvalue weighted by Crippen LogP contribution is -2.49. The zero-order chi connectivity index (χ0) is 15.2. The van der Waals surface area contributed by atoms with Crippen LogP contribution in [0, 0.1) is 5.92 Å². The number of rotatable bonds is 7. The Kier molecular flexibility index (Phi) is 6.70. The standard InChI is InChI=1S/C18H32N2/c1-15(2)17(14-19-18(3,4)5)20(6)13-12-16-10-8-7-9-11-16/h7-11,15,17,19H,12-14H2,1-6H3. The highest BCUT2D eigenvalue weighted by Crippen LogP contribution is 2.11. The van der Waals surface area contributed by atoms with Crippen LogP contribution in [0.5, 0.6) is 0 Å². The number of nitrogens with zero attached hydrogens (tertiary/aromatic N) is 1. The molecule has 0 saturated carbocycles. The van der Waals surface area contributed by atoms with Crippen LogP contribution in [0.3, 0.4) is 0 Å². The monoisotopic (exact) mass is 276 g/mol. The van der Waals surface area contributed by atoms with E-state index in [9.17, 15) is 0 Å². The fraction of sp³-hybridized carbons (Fsp3) is 0.667. The Morgan fingerprint density at radius 3 is 2.20 bits per heavy atom. The Morgan fingerprint density at radius 2 is 1.70 bits per heavy atom. The molecule has 0 fully saturated rings. The van der Waals surface area contributed by atoms with Gasteiger partial charge in [-0.2, -0.15) is 0 Å². The first-order chi connectivity index (χ1) is 9.29. The van der Waals surface area contributed by atoms with E-state index in [4.69, 9.17) is 0 Å². The zero-order valence-corrected chi connectivity index (χ0v) is 14.1. The zero-order valence-electron chi connectivity index (χ0n) is 14.1. The topological polar surface area (TPSA) is 15.3 Å². The van der Waals surface area contributed by atoms with Gasteiger partial charge in [-0.25, -0.2) is 0 Å². The fourth-order valence-corrected chi connectivity index (χ4v) is 2.43. The molecule has 2 nitrogen and oxygen atoms in total. The maximum atomic E-state index is 3.64. The summed E-state index contributed by atoms with van der Waals surface area (Å²) >= 11 is 0. The fourth-order valence-electron chi connectivity index (χ4n) is 2.43. The molecule has 1 N–H and O–H groups in total. The Balaban J connectivity index is 2.49. The molecule has 1 aromatic rings. The molecule has 0 aliphatic rings. The SMILES string of the molecule is CC(C)C(CNC(C)(C)C)N(C)CCc1ccccc1. The maximum Gasteiger partial charge on any atom is 0.0240 e. The molecule has 1 aromatic carbocycles. The van der Waals surface area contributed by atoms with E-state index >= 15 is 0 Å². The molecule has 114 valence electrons. The van der Waals surface area contributed by atoms with Crippen molar-refractivity contribution in [3.8, 4) is 0 Å². The summed E-state index contributed by atoms with van der Waals surface area (Å²) in [4.78, 5) is 2.50. The van der Waals surface area contributed by atoms with Crippen LogP contribution in [0.2, 0.25) is 0 Å². The second-order valence-electron chi connectivity index (χ2n) is 7.16. The van der Waals surface area contributed by atoms with E-state index in [1.54, 1.807) is 0 Å². The van der Waals surface area contributed by atoms with Gasteiger partial charge in [0.15, 0.2) is 0 Å². The third-order valence-electron chi connectivity index (χ3n) is 3.77. The third-order valence-corrected chi connectivity index (χ3v) is 3.77. The lowest BCUT2D eigenvalue weighted by molar-refractivity contribution is 0.178. The van der Waals surface area contributed by atoms with E-state index in [2.05, 4.69) is 82.2 Å². The van der Waals surface area contributed by atoms with Gasteiger partial charge in [0.1, 0.15) is 0 Å². The molecule has 0 aliphatic heterocycles. The molecule has 20 heavy (non-hydrogen) atoms. The molecule has 1 atom stereocenters. The predicted octanol–water partition coefficient (Wildman–Crippen LogP) is 3.57. The van der Waals surface area contributed by atoms with Crippen molar-refractivity contribution in [2.45, 2.75) is 52.6 Å². The smallest absolute Gasteiger partial charge is 0.0240 e. The van der Waals surface area contributed by atoms with E-state index in [0.29, 0.717) is 12.0 Å². The molecule has 1 rings (SSSR count). The number of likely N-dealkylation sites (N-methyl/N-ethyl adjacent to an activating group) is 1. The van der Waals surface area contributed by atoms with Crippen LogP contribution in [-0.4, -0.2) is 36.6 Å². The Morgan fingerprint density at radius 1 is 1.10 bits per heavy atom. The van der Waals surface area contributed by atoms with E-state index in [1.165, 1.54) is 5.56 Å². The average Bonchev–Trinajstić information content (AvgIpc) is 2.36. The average molecular weight is 276 g/mol. The molecule has 0 spiro atoms. The van der Waals surface area contributed by atoms with Gasteiger partial charge in [-0.3, -0.25) is 0 Å². The first-order valence-electron chi connectivity index (χ1n) is 7.79. The molecular weight excluding hydrogens is 244 g/mol. The second-order valence-corrected chi connectivity index (χ2v) is 7.16. The van der Waals surface area contributed by atoms with Gasteiger partial charge in [-0.15, -0.1) is 0 Å². The minimum absolute atomic E-state index is 0.188. The van der Waals surface area contributed by atoms with Crippen LogP contribution in [-0.2, 0) is 6.42 Å². The summed E-state index contributed by atoms with van der Waals surface area (Å²) in [6, 6.07) is 11.3. The first-order valence-corrected chi connectivity index (χ1v) is 7.79. The van der Waals surface area contributed by atoms with Crippen molar-refractivity contribution in [1.29, 1.82) is 0 Å². The molecule has 0 heterocycles. The van der Waals surface area contributed by atoms with Crippen LogP contribution in [0.15, 0.2) is 30.3 Å². The molecule has 0 amide bonds. The predicted molar refractivity (Wildman–Crippen MR) is 89.2 cm³/mol. The van der Waals surface area contributed by atoms with Crippen molar-refractivity contribution in [1.82, 2.24) is 10.2 Å². The quantitative estimate of drug-likeness (QED) is 0.819. The van der Waals surface area contributed by atoms with Crippen molar-refractivity contribution in [2.24, 2.45) is 5.92 Å². The number of hydrogen-bond donors (Lipinski definition) is 1. The lowest BCUT2D eigenvalue weighted by atomic mass is 10.00. The Hall–Kier alpha value is -0.860. The summed E-state index contributed by atoms with van der Waals surface area (Å²) < 4.78 is 0. The van der Waals surface area contributed by atoms with Crippen LogP contribution in [0.4, 0.5) is 0 Å². The largest absolute Gasteiger partial charge is 0.311 e. The van der Waals surface area contributed by atoms with Gasteiger partial charge < -0.3 is 10.2 Å². The summed E-state index contributed by atoms with van der Waals surface area (Å²) in [5, 5.41) is 3.64.